The van der Waals surface area contributed by atoms with Crippen LogP contribution < -0.4 is 10.6 Å². The number of benzene rings is 2. The fourth-order valence-corrected chi connectivity index (χ4v) is 4.87. The van der Waals surface area contributed by atoms with E-state index in [1.807, 2.05) is 31.2 Å². The second-order valence-electron chi connectivity index (χ2n) is 9.14. The lowest BCUT2D eigenvalue weighted by Crippen LogP contribution is -2.39. The van der Waals surface area contributed by atoms with Crippen molar-refractivity contribution in [2.45, 2.75) is 50.7 Å². The summed E-state index contributed by atoms with van der Waals surface area (Å²) in [6, 6.07) is 16.2. The number of hydrogen-bond donors (Lipinski definition) is 3. The van der Waals surface area contributed by atoms with Crippen molar-refractivity contribution in [1.29, 1.82) is 0 Å². The second kappa shape index (κ2) is 11.4. The number of alkyl carbamates (subject to hydrolysis) is 1. The number of carboxylic acid groups (broad SMARTS) is 1. The Morgan fingerprint density at radius 3 is 2.37 bits per heavy atom. The predicted octanol–water partition coefficient (Wildman–Crippen LogP) is 3.69. The van der Waals surface area contributed by atoms with E-state index in [9.17, 15) is 14.4 Å². The van der Waals surface area contributed by atoms with E-state index in [0.717, 1.165) is 11.1 Å². The molecular formula is C27H32N2O6. The highest BCUT2D eigenvalue weighted by Crippen LogP contribution is 2.44. The molecule has 1 unspecified atom stereocenters. The lowest BCUT2D eigenvalue weighted by atomic mass is 9.98. The molecule has 8 nitrogen and oxygen atoms in total. The maximum atomic E-state index is 12.5. The molecule has 2 aromatic carbocycles. The van der Waals surface area contributed by atoms with Crippen LogP contribution in [0, 0.1) is 5.92 Å². The normalized spacial score (nSPS) is 19.5. The van der Waals surface area contributed by atoms with Crippen molar-refractivity contribution in [1.82, 2.24) is 10.6 Å². The zero-order valence-corrected chi connectivity index (χ0v) is 19.9. The lowest BCUT2D eigenvalue weighted by molar-refractivity contribution is -0.137. The van der Waals surface area contributed by atoms with Crippen LogP contribution in [-0.2, 0) is 19.1 Å². The molecule has 2 aliphatic rings. The molecule has 4 rings (SSSR count). The van der Waals surface area contributed by atoms with Crippen LogP contribution in [0.3, 0.4) is 0 Å². The topological polar surface area (TPSA) is 114 Å². The second-order valence-corrected chi connectivity index (χ2v) is 9.14. The fourth-order valence-electron chi connectivity index (χ4n) is 4.87. The largest absolute Gasteiger partial charge is 0.481 e. The first-order chi connectivity index (χ1) is 17.0. The molecule has 3 atom stereocenters. The van der Waals surface area contributed by atoms with Crippen molar-refractivity contribution in [3.63, 3.8) is 0 Å². The molecular weight excluding hydrogens is 448 g/mol. The Morgan fingerprint density at radius 2 is 1.74 bits per heavy atom. The predicted molar refractivity (Wildman–Crippen MR) is 130 cm³/mol. The summed E-state index contributed by atoms with van der Waals surface area (Å²) in [4.78, 5) is 35.7. The van der Waals surface area contributed by atoms with Crippen LogP contribution in [-0.4, -0.2) is 55.0 Å². The monoisotopic (exact) mass is 480 g/mol. The average molecular weight is 481 g/mol. The van der Waals surface area contributed by atoms with Gasteiger partial charge in [-0.2, -0.15) is 0 Å². The minimum Gasteiger partial charge on any atom is -0.481 e. The zero-order chi connectivity index (χ0) is 24.8. The maximum absolute atomic E-state index is 12.5. The van der Waals surface area contributed by atoms with Crippen LogP contribution in [0.5, 0.6) is 0 Å². The van der Waals surface area contributed by atoms with Gasteiger partial charge in [-0.25, -0.2) is 4.79 Å². The summed E-state index contributed by atoms with van der Waals surface area (Å²) in [7, 11) is 0. The third kappa shape index (κ3) is 6.00. The molecule has 1 aliphatic heterocycles. The molecule has 1 saturated heterocycles. The first-order valence-corrected chi connectivity index (χ1v) is 12.2. The van der Waals surface area contributed by atoms with E-state index in [0.29, 0.717) is 19.3 Å². The van der Waals surface area contributed by atoms with Gasteiger partial charge in [0, 0.05) is 24.9 Å². The van der Waals surface area contributed by atoms with Gasteiger partial charge in [0.05, 0.1) is 18.6 Å². The molecule has 2 amide bonds. The summed E-state index contributed by atoms with van der Waals surface area (Å²) in [5.74, 6) is -1.33. The number of rotatable bonds is 10. The van der Waals surface area contributed by atoms with E-state index < -0.39 is 12.1 Å². The molecule has 1 fully saturated rings. The van der Waals surface area contributed by atoms with Crippen LogP contribution >= 0.6 is 0 Å². The minimum absolute atomic E-state index is 0.00315. The molecule has 0 radical (unpaired) electrons. The van der Waals surface area contributed by atoms with Gasteiger partial charge in [0.2, 0.25) is 5.91 Å². The summed E-state index contributed by atoms with van der Waals surface area (Å²) in [6.07, 6.45) is 0.794. The van der Waals surface area contributed by atoms with Gasteiger partial charge in [-0.1, -0.05) is 55.5 Å². The number of carbonyl (C=O) groups is 3. The van der Waals surface area contributed by atoms with Crippen molar-refractivity contribution in [3.8, 4) is 11.1 Å². The first-order valence-electron chi connectivity index (χ1n) is 12.2. The maximum Gasteiger partial charge on any atom is 0.407 e. The standard InChI is InChI=1S/C27H32N2O6/c1-2-18(11-12-25(30)31)29-26(32)17-13-19(34-15-17)14-28-27(33)35-16-24-22-9-5-3-7-20(22)21-8-4-6-10-23(21)24/h3-10,17-19,24H,2,11-16H2,1H3,(H,28,33)(H,29,32)(H,30,31)/t17-,18?,19-/m0/s1. The van der Waals surface area contributed by atoms with Crippen LogP contribution in [0.4, 0.5) is 4.79 Å². The number of aliphatic carboxylic acids is 1. The van der Waals surface area contributed by atoms with E-state index in [1.165, 1.54) is 11.1 Å². The number of carboxylic acids is 1. The van der Waals surface area contributed by atoms with Gasteiger partial charge in [0.1, 0.15) is 6.61 Å². The van der Waals surface area contributed by atoms with E-state index in [2.05, 4.69) is 34.9 Å². The minimum atomic E-state index is -0.874. The molecule has 1 aliphatic carbocycles. The van der Waals surface area contributed by atoms with Crippen molar-refractivity contribution in [3.05, 3.63) is 59.7 Å². The summed E-state index contributed by atoms with van der Waals surface area (Å²) >= 11 is 0. The number of nitrogens with one attached hydrogen (secondary N) is 2. The summed E-state index contributed by atoms with van der Waals surface area (Å²) in [6.45, 7) is 2.69. The van der Waals surface area contributed by atoms with Gasteiger partial charge in [-0.3, -0.25) is 9.59 Å². The summed E-state index contributed by atoms with van der Waals surface area (Å²) in [5.41, 5.74) is 4.66. The molecule has 0 saturated carbocycles. The van der Waals surface area contributed by atoms with Gasteiger partial charge in [0.15, 0.2) is 0 Å². The lowest BCUT2D eigenvalue weighted by Gasteiger charge is -2.18. The molecule has 186 valence electrons. The highest BCUT2D eigenvalue weighted by Gasteiger charge is 2.32. The van der Waals surface area contributed by atoms with Crippen LogP contribution in [0.1, 0.15) is 49.7 Å². The van der Waals surface area contributed by atoms with E-state index in [-0.39, 0.29) is 56.1 Å². The Labute approximate surface area is 205 Å². The van der Waals surface area contributed by atoms with Crippen molar-refractivity contribution in [2.24, 2.45) is 5.92 Å². The number of carbonyl (C=O) groups excluding carboxylic acids is 2. The average Bonchev–Trinajstić information content (AvgIpc) is 3.47. The first kappa shape index (κ1) is 24.7. The van der Waals surface area contributed by atoms with Crippen molar-refractivity contribution >= 4 is 18.0 Å². The Hall–Kier alpha value is -3.39. The van der Waals surface area contributed by atoms with Crippen LogP contribution in [0.25, 0.3) is 11.1 Å². The Balaban J connectivity index is 1.22. The third-order valence-corrected chi connectivity index (χ3v) is 6.81. The van der Waals surface area contributed by atoms with Crippen molar-refractivity contribution in [2.75, 3.05) is 19.8 Å². The highest BCUT2D eigenvalue weighted by atomic mass is 16.5. The van der Waals surface area contributed by atoms with Gasteiger partial charge < -0.3 is 25.2 Å². The number of amides is 2. The molecule has 0 bridgehead atoms. The summed E-state index contributed by atoms with van der Waals surface area (Å²) < 4.78 is 11.3. The zero-order valence-electron chi connectivity index (χ0n) is 19.9. The Kier molecular flexibility index (Phi) is 8.02. The highest BCUT2D eigenvalue weighted by molar-refractivity contribution is 5.80. The van der Waals surface area contributed by atoms with E-state index >= 15 is 0 Å². The van der Waals surface area contributed by atoms with Crippen LogP contribution in [0.2, 0.25) is 0 Å². The smallest absolute Gasteiger partial charge is 0.407 e. The Bertz CT molecular complexity index is 1030. The molecule has 8 heteroatoms. The fraction of sp³-hybridized carbons (Fsp3) is 0.444. The van der Waals surface area contributed by atoms with Gasteiger partial charge >= 0.3 is 12.1 Å². The third-order valence-electron chi connectivity index (χ3n) is 6.81. The molecule has 0 spiro atoms. The van der Waals surface area contributed by atoms with Gasteiger partial charge in [0.25, 0.3) is 0 Å². The molecule has 1 heterocycles. The Morgan fingerprint density at radius 1 is 1.09 bits per heavy atom. The van der Waals surface area contributed by atoms with Crippen LogP contribution in [0.15, 0.2) is 48.5 Å². The molecule has 0 aromatic heterocycles. The molecule has 3 N–H and O–H groups in total. The summed E-state index contributed by atoms with van der Waals surface area (Å²) in [5, 5.41) is 14.5. The quantitative estimate of drug-likeness (QED) is 0.478. The SMILES string of the molecule is CCC(CCC(=O)O)NC(=O)[C@@H]1CO[C@H](CNC(=O)OCC2c3ccccc3-c3ccccc32)C1. The van der Waals surface area contributed by atoms with Crippen molar-refractivity contribution < 1.29 is 29.0 Å². The number of fused-ring (bicyclic) bond motifs is 3. The van der Waals surface area contributed by atoms with Gasteiger partial charge in [-0.15, -0.1) is 0 Å². The molecule has 2 aromatic rings. The number of ether oxygens (including phenoxy) is 2. The molecule has 35 heavy (non-hydrogen) atoms. The van der Waals surface area contributed by atoms with E-state index in [4.69, 9.17) is 14.6 Å². The van der Waals surface area contributed by atoms with E-state index in [1.54, 1.807) is 0 Å². The number of hydrogen-bond acceptors (Lipinski definition) is 5. The van der Waals surface area contributed by atoms with Gasteiger partial charge in [-0.05, 0) is 41.5 Å².